The van der Waals surface area contributed by atoms with E-state index in [9.17, 15) is 25.4 Å². The average molecular weight is 368 g/mol. The molecule has 3 rings (SSSR count). The third-order valence-electron chi connectivity index (χ3n) is 2.32. The second-order valence-corrected chi connectivity index (χ2v) is 3.82. The molecule has 26 heavy (non-hydrogen) atoms. The van der Waals surface area contributed by atoms with Gasteiger partial charge in [-0.25, -0.2) is 0 Å². The van der Waals surface area contributed by atoms with Crippen LogP contribution in [0.3, 0.4) is 0 Å². The number of hydrogen-bond donors (Lipinski definition) is 0. The van der Waals surface area contributed by atoms with Crippen LogP contribution in [0.25, 0.3) is 0 Å². The Morgan fingerprint density at radius 1 is 0.654 bits per heavy atom. The van der Waals surface area contributed by atoms with Crippen LogP contribution in [-0.2, 0) is 0 Å². The highest BCUT2D eigenvalue weighted by molar-refractivity contribution is 5.46. The van der Waals surface area contributed by atoms with Crippen LogP contribution >= 0.6 is 0 Å². The standard InChI is InChI=1S/C6N12O8/c19-16(9-3-6(18(22)23)15-26-12-3)4-1(10-24-13-4)7-8-2-5(17(20)21)14-25-11-2. The van der Waals surface area contributed by atoms with E-state index >= 15 is 0 Å². The average Bonchev–Trinajstić information content (AvgIpc) is 3.32. The van der Waals surface area contributed by atoms with Crippen LogP contribution in [0.15, 0.2) is 29.2 Å². The quantitative estimate of drug-likeness (QED) is 0.254. The summed E-state index contributed by atoms with van der Waals surface area (Å²) in [7, 11) is 0. The molecule has 0 atom stereocenters. The molecule has 0 bridgehead atoms. The predicted molar refractivity (Wildman–Crippen MR) is 65.8 cm³/mol. The minimum Gasteiger partial charge on any atom is -0.690 e. The lowest BCUT2D eigenvalue weighted by atomic mass is 10.6. The number of nitro groups is 2. The van der Waals surface area contributed by atoms with E-state index in [1.807, 2.05) is 0 Å². The molecule has 0 amide bonds. The van der Waals surface area contributed by atoms with Gasteiger partial charge in [-0.05, 0) is 15.0 Å². The molecule has 20 nitrogen and oxygen atoms in total. The Balaban J connectivity index is 1.91. The van der Waals surface area contributed by atoms with Crippen LogP contribution in [0.5, 0.6) is 0 Å². The number of hydrogen-bond acceptors (Lipinski definition) is 17. The van der Waals surface area contributed by atoms with Gasteiger partial charge in [0.2, 0.25) is 0 Å². The van der Waals surface area contributed by atoms with Crippen LogP contribution in [0.2, 0.25) is 0 Å². The van der Waals surface area contributed by atoms with Crippen molar-refractivity contribution in [3.05, 3.63) is 25.4 Å². The number of nitrogens with zero attached hydrogens (tertiary/aromatic N) is 12. The van der Waals surface area contributed by atoms with E-state index in [0.29, 0.717) is 0 Å². The van der Waals surface area contributed by atoms with Gasteiger partial charge in [0.15, 0.2) is 15.5 Å². The van der Waals surface area contributed by atoms with Crippen molar-refractivity contribution in [2.75, 3.05) is 0 Å². The zero-order valence-corrected chi connectivity index (χ0v) is 11.6. The molecule has 0 radical (unpaired) electrons. The summed E-state index contributed by atoms with van der Waals surface area (Å²) in [4.78, 5) is 19.0. The van der Waals surface area contributed by atoms with Crippen molar-refractivity contribution in [2.24, 2.45) is 15.3 Å². The Hall–Kier alpha value is -4.78. The molecular formula is C6N12O8. The van der Waals surface area contributed by atoms with E-state index in [1.165, 1.54) is 0 Å². The summed E-state index contributed by atoms with van der Waals surface area (Å²) in [6.45, 7) is 0. The summed E-state index contributed by atoms with van der Waals surface area (Å²) in [5, 5.41) is 61.5. The minimum absolute atomic E-state index is 0.299. The summed E-state index contributed by atoms with van der Waals surface area (Å²) < 4.78 is 12.5. The highest BCUT2D eigenvalue weighted by atomic mass is 16.7. The van der Waals surface area contributed by atoms with Crippen LogP contribution in [0.4, 0.5) is 34.9 Å². The van der Waals surface area contributed by atoms with Crippen molar-refractivity contribution < 1.29 is 28.6 Å². The second kappa shape index (κ2) is 6.38. The van der Waals surface area contributed by atoms with Gasteiger partial charge in [-0.2, -0.15) is 0 Å². The van der Waals surface area contributed by atoms with Gasteiger partial charge in [0.25, 0.3) is 0 Å². The van der Waals surface area contributed by atoms with E-state index in [2.05, 4.69) is 60.2 Å². The Kier molecular flexibility index (Phi) is 3.95. The molecule has 0 spiro atoms. The largest absolute Gasteiger partial charge is 0.690 e. The molecule has 132 valence electrons. The fourth-order valence-electron chi connectivity index (χ4n) is 1.31. The zero-order valence-electron chi connectivity index (χ0n) is 11.6. The van der Waals surface area contributed by atoms with E-state index in [0.717, 1.165) is 0 Å². The van der Waals surface area contributed by atoms with E-state index in [-0.39, 0.29) is 4.86 Å². The molecule has 0 aliphatic carbocycles. The lowest BCUT2D eigenvalue weighted by molar-refractivity contribution is -0.442. The first-order valence-electron chi connectivity index (χ1n) is 5.84. The first-order chi connectivity index (χ1) is 12.5. The normalized spacial score (nSPS) is 11.9. The molecular weight excluding hydrogens is 368 g/mol. The van der Waals surface area contributed by atoms with Crippen molar-refractivity contribution >= 4 is 34.9 Å². The summed E-state index contributed by atoms with van der Waals surface area (Å²) in [5.74, 6) is -4.50. The van der Waals surface area contributed by atoms with Crippen LogP contribution in [0, 0.1) is 25.4 Å². The lowest BCUT2D eigenvalue weighted by Crippen LogP contribution is -1.93. The number of azo groups is 2. The predicted octanol–water partition coefficient (Wildman–Crippen LogP) is 0.993. The van der Waals surface area contributed by atoms with Crippen molar-refractivity contribution in [3.63, 3.8) is 0 Å². The Labute approximate surface area is 136 Å². The molecule has 0 unspecified atom stereocenters. The van der Waals surface area contributed by atoms with Gasteiger partial charge < -0.3 is 25.4 Å². The van der Waals surface area contributed by atoms with Crippen LogP contribution < -0.4 is 0 Å². The number of rotatable bonds is 6. The summed E-state index contributed by atoms with van der Waals surface area (Å²) in [6.07, 6.45) is 0. The van der Waals surface area contributed by atoms with Crippen molar-refractivity contribution in [1.82, 2.24) is 30.9 Å². The van der Waals surface area contributed by atoms with Gasteiger partial charge in [0, 0.05) is 15.5 Å². The molecule has 0 aliphatic heterocycles. The third-order valence-corrected chi connectivity index (χ3v) is 2.32. The molecule has 0 saturated heterocycles. The van der Waals surface area contributed by atoms with Gasteiger partial charge in [-0.1, -0.05) is 0 Å². The Bertz CT molecular complexity index is 1030. The molecule has 0 fully saturated rings. The fraction of sp³-hybridized carbons (Fsp3) is 0. The highest BCUT2D eigenvalue weighted by Gasteiger charge is 2.28. The molecule has 0 aliphatic rings. The fourth-order valence-corrected chi connectivity index (χ4v) is 1.31. The third kappa shape index (κ3) is 2.99. The van der Waals surface area contributed by atoms with Crippen molar-refractivity contribution in [2.45, 2.75) is 0 Å². The first-order valence-corrected chi connectivity index (χ1v) is 5.84. The molecule has 20 heteroatoms. The molecule has 3 heterocycles. The lowest BCUT2D eigenvalue weighted by Gasteiger charge is -1.96. The Morgan fingerprint density at radius 3 is 1.62 bits per heavy atom. The van der Waals surface area contributed by atoms with E-state index < -0.39 is 44.8 Å². The summed E-state index contributed by atoms with van der Waals surface area (Å²) >= 11 is 0. The van der Waals surface area contributed by atoms with Crippen LogP contribution in [-0.4, -0.2) is 45.6 Å². The zero-order chi connectivity index (χ0) is 18.7. The smallest absolute Gasteiger partial charge is 0.465 e. The van der Waals surface area contributed by atoms with Gasteiger partial charge in [0.05, 0.1) is 0 Å². The molecule has 0 saturated carbocycles. The first kappa shape index (κ1) is 16.1. The van der Waals surface area contributed by atoms with Gasteiger partial charge in [0.1, 0.15) is 0 Å². The van der Waals surface area contributed by atoms with E-state index in [1.54, 1.807) is 0 Å². The monoisotopic (exact) mass is 368 g/mol. The maximum absolute atomic E-state index is 11.9. The second-order valence-electron chi connectivity index (χ2n) is 3.82. The SMILES string of the molecule is O=[N+]([O-])c1nonc1N=Nc1nonc1[N+]([O-])=Nc1nonc1[N+](=O)[O-]. The molecule has 0 N–H and O–H groups in total. The van der Waals surface area contributed by atoms with Gasteiger partial charge >= 0.3 is 34.9 Å². The number of aromatic nitrogens is 6. The maximum atomic E-state index is 11.9. The minimum atomic E-state index is -0.998. The van der Waals surface area contributed by atoms with Crippen molar-refractivity contribution in [1.29, 1.82) is 0 Å². The molecule has 3 aromatic heterocycles. The summed E-state index contributed by atoms with van der Waals surface area (Å²) in [6, 6.07) is 0. The summed E-state index contributed by atoms with van der Waals surface area (Å²) in [5.41, 5.74) is 0. The Morgan fingerprint density at radius 2 is 1.08 bits per heavy atom. The van der Waals surface area contributed by atoms with Gasteiger partial charge in [-0.15, -0.1) is 29.0 Å². The van der Waals surface area contributed by atoms with Gasteiger partial charge in [-0.3, -0.25) is 0 Å². The van der Waals surface area contributed by atoms with Crippen molar-refractivity contribution in [3.8, 4) is 0 Å². The van der Waals surface area contributed by atoms with E-state index in [4.69, 9.17) is 0 Å². The maximum Gasteiger partial charge on any atom is 0.465 e. The molecule has 0 aromatic carbocycles. The topological polar surface area (TPSA) is 266 Å². The highest BCUT2D eigenvalue weighted by Crippen LogP contribution is 2.29. The van der Waals surface area contributed by atoms with Crippen LogP contribution in [0.1, 0.15) is 0 Å². The molecule has 3 aromatic rings.